The molecule has 0 aromatic heterocycles. The van der Waals surface area contributed by atoms with Crippen molar-refractivity contribution in [2.75, 3.05) is 12.4 Å². The molecule has 3 aromatic carbocycles. The molecule has 1 unspecified atom stereocenters. The van der Waals surface area contributed by atoms with Crippen molar-refractivity contribution < 1.29 is 8.95 Å². The first-order valence-electron chi connectivity index (χ1n) is 9.01. The minimum Gasteiger partial charge on any atom is -0.497 e. The Balaban J connectivity index is 1.88. The molecule has 140 valence electrons. The molecule has 1 N–H and O–H groups in total. The molecule has 4 heteroatoms. The van der Waals surface area contributed by atoms with E-state index in [4.69, 9.17) is 4.74 Å². The Bertz CT molecular complexity index is 877. The monoisotopic (exact) mass is 379 g/mol. The third-order valence-electron chi connectivity index (χ3n) is 4.63. The Morgan fingerprint density at radius 2 is 1.52 bits per heavy atom. The summed E-state index contributed by atoms with van der Waals surface area (Å²) in [6.07, 6.45) is 0. The summed E-state index contributed by atoms with van der Waals surface area (Å²) >= 11 is 0. The highest BCUT2D eigenvalue weighted by molar-refractivity contribution is 7.85. The number of aryl methyl sites for hydroxylation is 1. The maximum absolute atomic E-state index is 13.2. The second kappa shape index (κ2) is 8.87. The van der Waals surface area contributed by atoms with Crippen LogP contribution in [0.1, 0.15) is 24.1 Å². The minimum atomic E-state index is -1.13. The maximum atomic E-state index is 13.2. The van der Waals surface area contributed by atoms with Gasteiger partial charge in [-0.2, -0.15) is 0 Å². The number of nitrogens with one attached hydrogen (secondary N) is 1. The van der Waals surface area contributed by atoms with Crippen molar-refractivity contribution in [3.05, 3.63) is 90.0 Å². The molecule has 3 nitrogen and oxygen atoms in total. The molecule has 3 rings (SSSR count). The molecule has 3 atom stereocenters. The summed E-state index contributed by atoms with van der Waals surface area (Å²) in [4.78, 5) is 0.852. The van der Waals surface area contributed by atoms with E-state index in [2.05, 4.69) is 17.4 Å². The van der Waals surface area contributed by atoms with E-state index in [-0.39, 0.29) is 11.3 Å². The SMILES string of the molecule is COc1ccc(N[C@H](c2ccccc2)[C@H](C)S(=O)c2ccc(C)cc2)cc1. The van der Waals surface area contributed by atoms with Crippen molar-refractivity contribution in [3.63, 3.8) is 0 Å². The number of anilines is 1. The van der Waals surface area contributed by atoms with E-state index in [0.717, 1.165) is 21.9 Å². The van der Waals surface area contributed by atoms with Crippen LogP contribution in [0.15, 0.2) is 83.8 Å². The third kappa shape index (κ3) is 4.77. The summed E-state index contributed by atoms with van der Waals surface area (Å²) in [6.45, 7) is 4.07. The van der Waals surface area contributed by atoms with Crippen LogP contribution in [0.2, 0.25) is 0 Å². The number of hydrogen-bond donors (Lipinski definition) is 1. The zero-order chi connectivity index (χ0) is 19.2. The highest BCUT2D eigenvalue weighted by Gasteiger charge is 2.25. The molecule has 0 fully saturated rings. The summed E-state index contributed by atoms with van der Waals surface area (Å²) in [6, 6.07) is 25.8. The Kier molecular flexibility index (Phi) is 6.30. The first-order chi connectivity index (χ1) is 13.1. The predicted octanol–water partition coefficient (Wildman–Crippen LogP) is 5.35. The molecule has 3 aromatic rings. The van der Waals surface area contributed by atoms with Gasteiger partial charge in [0.15, 0.2) is 0 Å². The molecule has 0 aliphatic carbocycles. The lowest BCUT2D eigenvalue weighted by Crippen LogP contribution is -2.27. The molecule has 0 aliphatic heterocycles. The largest absolute Gasteiger partial charge is 0.497 e. The predicted molar refractivity (Wildman–Crippen MR) is 113 cm³/mol. The van der Waals surface area contributed by atoms with E-state index in [1.807, 2.05) is 80.6 Å². The van der Waals surface area contributed by atoms with Crippen molar-refractivity contribution in [1.82, 2.24) is 0 Å². The van der Waals surface area contributed by atoms with E-state index in [0.29, 0.717) is 0 Å². The zero-order valence-corrected chi connectivity index (χ0v) is 16.7. The highest BCUT2D eigenvalue weighted by atomic mass is 32.2. The van der Waals surface area contributed by atoms with Crippen molar-refractivity contribution in [3.8, 4) is 5.75 Å². The normalized spacial score (nSPS) is 14.2. The van der Waals surface area contributed by atoms with Gasteiger partial charge < -0.3 is 10.1 Å². The van der Waals surface area contributed by atoms with Gasteiger partial charge in [-0.15, -0.1) is 0 Å². The van der Waals surface area contributed by atoms with Crippen LogP contribution in [0.3, 0.4) is 0 Å². The molecule has 0 bridgehead atoms. The fourth-order valence-corrected chi connectivity index (χ4v) is 4.32. The second-order valence-corrected chi connectivity index (χ2v) is 8.39. The average Bonchev–Trinajstić information content (AvgIpc) is 2.72. The molecule has 0 radical (unpaired) electrons. The summed E-state index contributed by atoms with van der Waals surface area (Å²) in [5.74, 6) is 0.813. The lowest BCUT2D eigenvalue weighted by Gasteiger charge is -2.26. The lowest BCUT2D eigenvalue weighted by atomic mass is 10.0. The summed E-state index contributed by atoms with van der Waals surface area (Å²) in [5, 5.41) is 3.45. The Morgan fingerprint density at radius 1 is 0.889 bits per heavy atom. The van der Waals surface area contributed by atoms with Crippen LogP contribution in [0, 0.1) is 6.92 Å². The van der Waals surface area contributed by atoms with Gasteiger partial charge in [0.1, 0.15) is 5.75 Å². The molecule has 0 heterocycles. The van der Waals surface area contributed by atoms with Crippen LogP contribution in [-0.4, -0.2) is 16.6 Å². The van der Waals surface area contributed by atoms with E-state index in [9.17, 15) is 4.21 Å². The first-order valence-corrected chi connectivity index (χ1v) is 10.2. The van der Waals surface area contributed by atoms with Crippen LogP contribution in [0.4, 0.5) is 5.69 Å². The number of rotatable bonds is 7. The second-order valence-electron chi connectivity index (χ2n) is 6.58. The topological polar surface area (TPSA) is 38.3 Å². The van der Waals surface area contributed by atoms with Crippen molar-refractivity contribution in [2.24, 2.45) is 0 Å². The van der Waals surface area contributed by atoms with Crippen molar-refractivity contribution in [1.29, 1.82) is 0 Å². The van der Waals surface area contributed by atoms with Crippen molar-refractivity contribution in [2.45, 2.75) is 30.0 Å². The number of methoxy groups -OCH3 is 1. The van der Waals surface area contributed by atoms with Crippen LogP contribution >= 0.6 is 0 Å². The standard InChI is InChI=1S/C23H25NO2S/c1-17-9-15-22(16-10-17)27(25)18(2)23(19-7-5-4-6-8-19)24-20-11-13-21(26-3)14-12-20/h4-16,18,23-24H,1-3H3/t18-,23-,27?/m0/s1. The van der Waals surface area contributed by atoms with Gasteiger partial charge >= 0.3 is 0 Å². The Morgan fingerprint density at radius 3 is 2.11 bits per heavy atom. The first kappa shape index (κ1) is 19.2. The molecule has 0 amide bonds. The third-order valence-corrected chi connectivity index (χ3v) is 6.32. The molecule has 0 saturated carbocycles. The fourth-order valence-electron chi connectivity index (χ4n) is 3.01. The van der Waals surface area contributed by atoms with Gasteiger partial charge in [0.2, 0.25) is 0 Å². The smallest absolute Gasteiger partial charge is 0.119 e. The van der Waals surface area contributed by atoms with E-state index < -0.39 is 10.8 Å². The maximum Gasteiger partial charge on any atom is 0.119 e. The average molecular weight is 380 g/mol. The van der Waals surface area contributed by atoms with Crippen LogP contribution < -0.4 is 10.1 Å². The molecular weight excluding hydrogens is 354 g/mol. The molecule has 0 aliphatic rings. The highest BCUT2D eigenvalue weighted by Crippen LogP contribution is 2.29. The number of ether oxygens (including phenoxy) is 1. The van der Waals surface area contributed by atoms with Gasteiger partial charge in [0.25, 0.3) is 0 Å². The quantitative estimate of drug-likeness (QED) is 0.601. The van der Waals surface area contributed by atoms with Gasteiger partial charge in [0, 0.05) is 10.6 Å². The van der Waals surface area contributed by atoms with Gasteiger partial charge in [0.05, 0.1) is 29.2 Å². The van der Waals surface area contributed by atoms with Crippen LogP contribution in [-0.2, 0) is 10.8 Å². The Hall–Kier alpha value is -2.59. The molecule has 27 heavy (non-hydrogen) atoms. The number of benzene rings is 3. The number of hydrogen-bond acceptors (Lipinski definition) is 3. The van der Waals surface area contributed by atoms with Crippen LogP contribution in [0.5, 0.6) is 5.75 Å². The van der Waals surface area contributed by atoms with Gasteiger partial charge in [-0.1, -0.05) is 48.0 Å². The van der Waals surface area contributed by atoms with Crippen molar-refractivity contribution >= 4 is 16.5 Å². The summed E-state index contributed by atoms with van der Waals surface area (Å²) in [7, 11) is 0.521. The van der Waals surface area contributed by atoms with Gasteiger partial charge in [-0.3, -0.25) is 4.21 Å². The van der Waals surface area contributed by atoms with Crippen LogP contribution in [0.25, 0.3) is 0 Å². The minimum absolute atomic E-state index is 0.0817. The molecule has 0 saturated heterocycles. The van der Waals surface area contributed by atoms with Gasteiger partial charge in [-0.05, 0) is 55.8 Å². The Labute approximate surface area is 163 Å². The summed E-state index contributed by atoms with van der Waals surface area (Å²) in [5.41, 5.74) is 3.25. The van der Waals surface area contributed by atoms with Gasteiger partial charge in [-0.25, -0.2) is 0 Å². The zero-order valence-electron chi connectivity index (χ0n) is 15.9. The summed E-state index contributed by atoms with van der Waals surface area (Å²) < 4.78 is 18.4. The molecular formula is C23H25NO2S. The van der Waals surface area contributed by atoms with E-state index >= 15 is 0 Å². The van der Waals surface area contributed by atoms with E-state index in [1.54, 1.807) is 7.11 Å². The van der Waals surface area contributed by atoms with E-state index in [1.165, 1.54) is 5.56 Å². The lowest BCUT2D eigenvalue weighted by molar-refractivity contribution is 0.415. The molecule has 0 spiro atoms. The fraction of sp³-hybridized carbons (Fsp3) is 0.217.